The van der Waals surface area contributed by atoms with E-state index in [4.69, 9.17) is 0 Å². The summed E-state index contributed by atoms with van der Waals surface area (Å²) < 4.78 is 0. The summed E-state index contributed by atoms with van der Waals surface area (Å²) in [6.45, 7) is 0.892. The normalized spacial score (nSPS) is 17.4. The number of thioether (sulfide) groups is 1. The molecule has 1 heterocycles. The van der Waals surface area contributed by atoms with Gasteiger partial charge in [0, 0.05) is 25.3 Å². The largest absolute Gasteiger partial charge is 0.480 e. The van der Waals surface area contributed by atoms with Crippen molar-refractivity contribution < 1.29 is 14.7 Å². The second-order valence-corrected chi connectivity index (χ2v) is 5.67. The van der Waals surface area contributed by atoms with Crippen LogP contribution in [-0.2, 0) is 17.8 Å². The molecule has 1 aliphatic heterocycles. The maximum absolute atomic E-state index is 12.1. The fourth-order valence-electron chi connectivity index (χ4n) is 2.32. The number of nitrogens with one attached hydrogen (secondary N) is 1. The molecule has 6 heteroatoms. The Labute approximate surface area is 122 Å². The molecule has 1 atom stereocenters. The van der Waals surface area contributed by atoms with Crippen LogP contribution in [0.15, 0.2) is 24.3 Å². The zero-order chi connectivity index (χ0) is 14.5. The van der Waals surface area contributed by atoms with E-state index in [0.29, 0.717) is 19.5 Å². The number of carbonyl (C=O) groups is 2. The summed E-state index contributed by atoms with van der Waals surface area (Å²) in [7, 11) is 0. The van der Waals surface area contributed by atoms with Crippen LogP contribution in [0.5, 0.6) is 0 Å². The number of nitrogens with zero attached hydrogens (tertiary/aromatic N) is 1. The summed E-state index contributed by atoms with van der Waals surface area (Å²) in [4.78, 5) is 24.9. The van der Waals surface area contributed by atoms with E-state index in [-0.39, 0.29) is 6.03 Å². The molecular weight excluding hydrogens is 276 g/mol. The molecular formula is C14H18N2O3S. The zero-order valence-corrected chi connectivity index (χ0v) is 12.2. The lowest BCUT2D eigenvalue weighted by Gasteiger charge is -2.34. The third-order valence-corrected chi connectivity index (χ3v) is 3.99. The van der Waals surface area contributed by atoms with Gasteiger partial charge in [0.1, 0.15) is 6.04 Å². The van der Waals surface area contributed by atoms with Gasteiger partial charge in [-0.25, -0.2) is 9.59 Å². The molecule has 2 rings (SSSR count). The van der Waals surface area contributed by atoms with Crippen molar-refractivity contribution in [3.63, 3.8) is 0 Å². The molecule has 0 unspecified atom stereocenters. The number of rotatable bonds is 4. The Balaban J connectivity index is 2.13. The van der Waals surface area contributed by atoms with E-state index in [9.17, 15) is 14.7 Å². The van der Waals surface area contributed by atoms with Crippen LogP contribution in [0.1, 0.15) is 11.1 Å². The number of amides is 2. The minimum Gasteiger partial charge on any atom is -0.480 e. The second-order valence-electron chi connectivity index (χ2n) is 4.68. The highest BCUT2D eigenvalue weighted by Gasteiger charge is 2.34. The quantitative estimate of drug-likeness (QED) is 0.827. The molecule has 0 radical (unpaired) electrons. The predicted octanol–water partition coefficient (Wildman–Crippen LogP) is 1.57. The number of benzene rings is 1. The standard InChI is InChI=1S/C14H18N2O3S/c1-20-7-6-15-14(19)16-9-11-5-3-2-4-10(11)8-12(16)13(17)18/h2-5,12H,6-9H2,1H3,(H,15,19)(H,17,18)/t12-/m0/s1. The van der Waals surface area contributed by atoms with Gasteiger partial charge in [0.2, 0.25) is 0 Å². The first-order chi connectivity index (χ1) is 9.63. The van der Waals surface area contributed by atoms with Crippen LogP contribution in [0.25, 0.3) is 0 Å². The zero-order valence-electron chi connectivity index (χ0n) is 11.3. The van der Waals surface area contributed by atoms with Gasteiger partial charge in [-0.05, 0) is 17.4 Å². The molecule has 0 fully saturated rings. The van der Waals surface area contributed by atoms with Crippen molar-refractivity contribution in [1.29, 1.82) is 0 Å². The highest BCUT2D eigenvalue weighted by molar-refractivity contribution is 7.98. The molecule has 0 saturated heterocycles. The SMILES string of the molecule is CSCCNC(=O)N1Cc2ccccc2C[C@H]1C(=O)O. The lowest BCUT2D eigenvalue weighted by Crippen LogP contribution is -2.52. The average molecular weight is 294 g/mol. The molecule has 1 aromatic rings. The fourth-order valence-corrected chi connectivity index (χ4v) is 2.62. The Morgan fingerprint density at radius 2 is 2.10 bits per heavy atom. The van der Waals surface area contributed by atoms with Crippen LogP contribution in [0, 0.1) is 0 Å². The van der Waals surface area contributed by atoms with Gasteiger partial charge in [-0.3, -0.25) is 0 Å². The molecule has 0 aliphatic carbocycles. The van der Waals surface area contributed by atoms with Crippen LogP contribution < -0.4 is 5.32 Å². The van der Waals surface area contributed by atoms with Crippen molar-refractivity contribution in [3.8, 4) is 0 Å². The highest BCUT2D eigenvalue weighted by atomic mass is 32.2. The lowest BCUT2D eigenvalue weighted by atomic mass is 9.94. The van der Waals surface area contributed by atoms with Gasteiger partial charge in [-0.1, -0.05) is 24.3 Å². The molecule has 1 aromatic carbocycles. The third-order valence-electron chi connectivity index (χ3n) is 3.38. The topological polar surface area (TPSA) is 69.6 Å². The van der Waals surface area contributed by atoms with E-state index >= 15 is 0 Å². The smallest absolute Gasteiger partial charge is 0.326 e. The predicted molar refractivity (Wildman–Crippen MR) is 78.9 cm³/mol. The number of hydrogen-bond donors (Lipinski definition) is 2. The molecule has 0 saturated carbocycles. The molecule has 0 bridgehead atoms. The van der Waals surface area contributed by atoms with Crippen molar-refractivity contribution in [1.82, 2.24) is 10.2 Å². The van der Waals surface area contributed by atoms with E-state index < -0.39 is 12.0 Å². The van der Waals surface area contributed by atoms with Gasteiger partial charge in [0.05, 0.1) is 0 Å². The van der Waals surface area contributed by atoms with Crippen molar-refractivity contribution in [2.75, 3.05) is 18.6 Å². The van der Waals surface area contributed by atoms with Gasteiger partial charge in [-0.15, -0.1) is 0 Å². The summed E-state index contributed by atoms with van der Waals surface area (Å²) in [5, 5.41) is 12.1. The number of carboxylic acids is 1. The summed E-state index contributed by atoms with van der Waals surface area (Å²) in [6, 6.07) is 6.57. The molecule has 2 amide bonds. The van der Waals surface area contributed by atoms with Crippen molar-refractivity contribution in [2.45, 2.75) is 19.0 Å². The van der Waals surface area contributed by atoms with Crippen LogP contribution in [-0.4, -0.2) is 46.6 Å². The van der Waals surface area contributed by atoms with E-state index in [1.807, 2.05) is 30.5 Å². The fraction of sp³-hybridized carbons (Fsp3) is 0.429. The Morgan fingerprint density at radius 3 is 2.75 bits per heavy atom. The maximum Gasteiger partial charge on any atom is 0.326 e. The monoisotopic (exact) mass is 294 g/mol. The van der Waals surface area contributed by atoms with Gasteiger partial charge in [0.25, 0.3) is 0 Å². The first kappa shape index (κ1) is 14.7. The number of urea groups is 1. The summed E-state index contributed by atoms with van der Waals surface area (Å²) >= 11 is 1.64. The minimum atomic E-state index is -0.959. The number of hydrogen-bond acceptors (Lipinski definition) is 3. The maximum atomic E-state index is 12.1. The van der Waals surface area contributed by atoms with Crippen molar-refractivity contribution >= 4 is 23.8 Å². The van der Waals surface area contributed by atoms with Crippen LogP contribution in [0.3, 0.4) is 0 Å². The van der Waals surface area contributed by atoms with Crippen molar-refractivity contribution in [3.05, 3.63) is 35.4 Å². The van der Waals surface area contributed by atoms with E-state index in [1.54, 1.807) is 11.8 Å². The molecule has 1 aliphatic rings. The summed E-state index contributed by atoms with van der Waals surface area (Å²) in [6.07, 6.45) is 2.32. The van der Waals surface area contributed by atoms with Crippen molar-refractivity contribution in [2.24, 2.45) is 0 Å². The first-order valence-electron chi connectivity index (χ1n) is 6.46. The van der Waals surface area contributed by atoms with E-state index in [1.165, 1.54) is 4.90 Å². The Kier molecular flexibility index (Phi) is 4.89. The first-order valence-corrected chi connectivity index (χ1v) is 7.86. The molecule has 108 valence electrons. The summed E-state index contributed by atoms with van der Waals surface area (Å²) in [5.41, 5.74) is 2.03. The molecule has 0 spiro atoms. The van der Waals surface area contributed by atoms with E-state index in [2.05, 4.69) is 5.32 Å². The van der Waals surface area contributed by atoms with E-state index in [0.717, 1.165) is 16.9 Å². The van der Waals surface area contributed by atoms with Gasteiger partial charge < -0.3 is 15.3 Å². The molecule has 2 N–H and O–H groups in total. The number of carboxylic acid groups (broad SMARTS) is 1. The lowest BCUT2D eigenvalue weighted by molar-refractivity contribution is -0.142. The Bertz CT molecular complexity index is 507. The highest BCUT2D eigenvalue weighted by Crippen LogP contribution is 2.23. The molecule has 20 heavy (non-hydrogen) atoms. The minimum absolute atomic E-state index is 0.305. The Hall–Kier alpha value is -1.69. The van der Waals surface area contributed by atoms with Gasteiger partial charge in [0.15, 0.2) is 0 Å². The summed E-state index contributed by atoms with van der Waals surface area (Å²) in [5.74, 6) is -0.145. The van der Waals surface area contributed by atoms with Crippen LogP contribution >= 0.6 is 11.8 Å². The average Bonchev–Trinajstić information content (AvgIpc) is 2.46. The van der Waals surface area contributed by atoms with Crippen LogP contribution in [0.2, 0.25) is 0 Å². The molecule has 5 nitrogen and oxygen atoms in total. The Morgan fingerprint density at radius 1 is 1.40 bits per heavy atom. The van der Waals surface area contributed by atoms with Gasteiger partial charge >= 0.3 is 12.0 Å². The number of aliphatic carboxylic acids is 1. The molecule has 0 aromatic heterocycles. The number of carbonyl (C=O) groups excluding carboxylic acids is 1. The third kappa shape index (κ3) is 3.25. The van der Waals surface area contributed by atoms with Crippen LogP contribution in [0.4, 0.5) is 4.79 Å². The number of fused-ring (bicyclic) bond motifs is 1. The van der Waals surface area contributed by atoms with Gasteiger partial charge in [-0.2, -0.15) is 11.8 Å². The second kappa shape index (κ2) is 6.65.